The molecule has 1 atom stereocenters. The molecule has 3 heteroatoms. The number of carboxylic acid groups (broad SMARTS) is 1. The van der Waals surface area contributed by atoms with E-state index in [9.17, 15) is 4.79 Å². The van der Waals surface area contributed by atoms with Crippen LogP contribution in [0.2, 0.25) is 0 Å². The molecule has 0 aromatic heterocycles. The van der Waals surface area contributed by atoms with Crippen LogP contribution < -0.4 is 5.32 Å². The molecule has 2 N–H and O–H groups in total. The predicted molar refractivity (Wildman–Crippen MR) is 53.0 cm³/mol. The molecule has 3 nitrogen and oxygen atoms in total. The van der Waals surface area contributed by atoms with Gasteiger partial charge in [0.1, 0.15) is 6.04 Å². The van der Waals surface area contributed by atoms with Gasteiger partial charge >= 0.3 is 5.97 Å². The maximum Gasteiger partial charge on any atom is 0.325 e. The van der Waals surface area contributed by atoms with Gasteiger partial charge in [0.2, 0.25) is 0 Å². The van der Waals surface area contributed by atoms with Crippen molar-refractivity contribution in [2.75, 3.05) is 0 Å². The number of fused-ring (bicyclic) bond motifs is 1. The van der Waals surface area contributed by atoms with Crippen LogP contribution in [0.5, 0.6) is 0 Å². The third-order valence-corrected chi connectivity index (χ3v) is 2.70. The second-order valence-corrected chi connectivity index (χ2v) is 4.13. The Morgan fingerprint density at radius 2 is 2.07 bits per heavy atom. The van der Waals surface area contributed by atoms with E-state index in [1.54, 1.807) is 0 Å². The molecule has 1 aromatic carbocycles. The molecule has 74 valence electrons. The van der Waals surface area contributed by atoms with Crippen molar-refractivity contribution < 1.29 is 9.90 Å². The summed E-state index contributed by atoms with van der Waals surface area (Å²) >= 11 is 0. The van der Waals surface area contributed by atoms with Crippen molar-refractivity contribution in [3.05, 3.63) is 35.4 Å². The standard InChI is InChI=1S/C11H13NO2/c1-11(2)8-6-4-3-5-7(8)9(12-11)10(13)14/h3-6,9,12H,1-2H3,(H,13,14). The normalized spacial score (nSPS) is 23.1. The van der Waals surface area contributed by atoms with Gasteiger partial charge in [-0.3, -0.25) is 10.1 Å². The molecule has 1 unspecified atom stereocenters. The van der Waals surface area contributed by atoms with E-state index in [0.29, 0.717) is 0 Å². The fourth-order valence-electron chi connectivity index (χ4n) is 2.03. The number of hydrogen-bond donors (Lipinski definition) is 2. The highest BCUT2D eigenvalue weighted by Crippen LogP contribution is 2.36. The van der Waals surface area contributed by atoms with Crippen molar-refractivity contribution in [2.45, 2.75) is 25.4 Å². The molecule has 0 bridgehead atoms. The molecule has 1 aromatic rings. The van der Waals surface area contributed by atoms with Crippen molar-refractivity contribution in [3.63, 3.8) is 0 Å². The zero-order valence-corrected chi connectivity index (χ0v) is 8.24. The van der Waals surface area contributed by atoms with Crippen molar-refractivity contribution in [1.29, 1.82) is 0 Å². The van der Waals surface area contributed by atoms with Gasteiger partial charge in [-0.1, -0.05) is 24.3 Å². The summed E-state index contributed by atoms with van der Waals surface area (Å²) in [6, 6.07) is 7.09. The average Bonchev–Trinajstić information content (AvgIpc) is 2.40. The highest BCUT2D eigenvalue weighted by atomic mass is 16.4. The zero-order chi connectivity index (χ0) is 10.3. The van der Waals surface area contributed by atoms with Crippen LogP contribution >= 0.6 is 0 Å². The summed E-state index contributed by atoms with van der Waals surface area (Å²) in [6.45, 7) is 3.99. The number of rotatable bonds is 1. The smallest absolute Gasteiger partial charge is 0.325 e. The molecule has 0 saturated carbocycles. The molecular formula is C11H13NO2. The van der Waals surface area contributed by atoms with Crippen LogP contribution in [0.15, 0.2) is 24.3 Å². The molecule has 0 fully saturated rings. The minimum absolute atomic E-state index is 0.250. The Labute approximate surface area is 82.8 Å². The van der Waals surface area contributed by atoms with Crippen LogP contribution in [0.1, 0.15) is 31.0 Å². The summed E-state index contributed by atoms with van der Waals surface area (Å²) in [7, 11) is 0. The van der Waals surface area contributed by atoms with E-state index < -0.39 is 12.0 Å². The highest BCUT2D eigenvalue weighted by molar-refractivity contribution is 5.77. The molecule has 0 aliphatic carbocycles. The minimum atomic E-state index is -0.817. The van der Waals surface area contributed by atoms with Crippen LogP contribution in [-0.4, -0.2) is 11.1 Å². The number of benzene rings is 1. The summed E-state index contributed by atoms with van der Waals surface area (Å²) in [6.07, 6.45) is 0. The van der Waals surface area contributed by atoms with Gasteiger partial charge in [-0.05, 0) is 25.0 Å². The largest absolute Gasteiger partial charge is 0.480 e. The molecular weight excluding hydrogens is 178 g/mol. The van der Waals surface area contributed by atoms with Gasteiger partial charge < -0.3 is 5.11 Å². The van der Waals surface area contributed by atoms with Gasteiger partial charge in [0.15, 0.2) is 0 Å². The first-order valence-corrected chi connectivity index (χ1v) is 4.62. The first-order valence-electron chi connectivity index (χ1n) is 4.62. The lowest BCUT2D eigenvalue weighted by molar-refractivity contribution is -0.139. The number of carboxylic acids is 1. The van der Waals surface area contributed by atoms with E-state index >= 15 is 0 Å². The second kappa shape index (κ2) is 2.82. The molecule has 1 aliphatic rings. The Hall–Kier alpha value is -1.35. The maximum atomic E-state index is 11.0. The van der Waals surface area contributed by atoms with Gasteiger partial charge in [0.05, 0.1) is 0 Å². The summed E-state index contributed by atoms with van der Waals surface area (Å²) in [5, 5.41) is 12.1. The Kier molecular flexibility index (Phi) is 1.86. The van der Waals surface area contributed by atoms with Crippen LogP contribution in [0, 0.1) is 0 Å². The number of hydrogen-bond acceptors (Lipinski definition) is 2. The second-order valence-electron chi connectivity index (χ2n) is 4.13. The molecule has 14 heavy (non-hydrogen) atoms. The van der Waals surface area contributed by atoms with E-state index in [-0.39, 0.29) is 5.54 Å². The lowest BCUT2D eigenvalue weighted by Gasteiger charge is -2.20. The maximum absolute atomic E-state index is 11.0. The average molecular weight is 191 g/mol. The first-order chi connectivity index (χ1) is 6.52. The van der Waals surface area contributed by atoms with Crippen molar-refractivity contribution in [1.82, 2.24) is 5.32 Å². The molecule has 0 amide bonds. The molecule has 2 rings (SSSR count). The van der Waals surface area contributed by atoms with Crippen LogP contribution in [-0.2, 0) is 10.3 Å². The van der Waals surface area contributed by atoms with Crippen molar-refractivity contribution in [2.24, 2.45) is 0 Å². The zero-order valence-electron chi connectivity index (χ0n) is 8.24. The van der Waals surface area contributed by atoms with E-state index in [4.69, 9.17) is 5.11 Å². The van der Waals surface area contributed by atoms with Crippen molar-refractivity contribution >= 4 is 5.97 Å². The number of carbonyl (C=O) groups is 1. The predicted octanol–water partition coefficient (Wildman–Crippen LogP) is 1.65. The monoisotopic (exact) mass is 191 g/mol. The van der Waals surface area contributed by atoms with Gasteiger partial charge in [-0.2, -0.15) is 0 Å². The molecule has 0 radical (unpaired) electrons. The van der Waals surface area contributed by atoms with Gasteiger partial charge in [0.25, 0.3) is 0 Å². The fourth-order valence-corrected chi connectivity index (χ4v) is 2.03. The quantitative estimate of drug-likeness (QED) is 0.709. The Morgan fingerprint density at radius 3 is 2.71 bits per heavy atom. The van der Waals surface area contributed by atoms with Crippen molar-refractivity contribution in [3.8, 4) is 0 Å². The van der Waals surface area contributed by atoms with Gasteiger partial charge in [0, 0.05) is 5.54 Å². The SMILES string of the molecule is CC1(C)NC(C(=O)O)c2ccccc21. The van der Waals surface area contributed by atoms with E-state index in [1.165, 1.54) is 0 Å². The topological polar surface area (TPSA) is 49.3 Å². The molecule has 0 spiro atoms. The highest BCUT2D eigenvalue weighted by Gasteiger charge is 2.39. The van der Waals surface area contributed by atoms with E-state index in [0.717, 1.165) is 11.1 Å². The lowest BCUT2D eigenvalue weighted by atomic mass is 9.94. The minimum Gasteiger partial charge on any atom is -0.480 e. The summed E-state index contributed by atoms with van der Waals surface area (Å²) in [4.78, 5) is 11.0. The lowest BCUT2D eigenvalue weighted by Crippen LogP contribution is -2.34. The third kappa shape index (κ3) is 1.21. The Morgan fingerprint density at radius 1 is 1.43 bits per heavy atom. The number of aliphatic carboxylic acids is 1. The van der Waals surface area contributed by atoms with Crippen LogP contribution in [0.25, 0.3) is 0 Å². The summed E-state index contributed by atoms with van der Waals surface area (Å²) < 4.78 is 0. The van der Waals surface area contributed by atoms with Crippen LogP contribution in [0.3, 0.4) is 0 Å². The van der Waals surface area contributed by atoms with E-state index in [2.05, 4.69) is 5.32 Å². The molecule has 1 heterocycles. The van der Waals surface area contributed by atoms with Crippen LogP contribution in [0.4, 0.5) is 0 Å². The van der Waals surface area contributed by atoms with Gasteiger partial charge in [-0.25, -0.2) is 0 Å². The van der Waals surface area contributed by atoms with Gasteiger partial charge in [-0.15, -0.1) is 0 Å². The first kappa shape index (κ1) is 9.21. The summed E-state index contributed by atoms with van der Waals surface area (Å²) in [5.74, 6) is -0.817. The Bertz CT molecular complexity index is 385. The molecule has 1 aliphatic heterocycles. The number of nitrogens with one attached hydrogen (secondary N) is 1. The van der Waals surface area contributed by atoms with E-state index in [1.807, 2.05) is 38.1 Å². The molecule has 0 saturated heterocycles. The summed E-state index contributed by atoms with van der Waals surface area (Å²) in [5.41, 5.74) is 1.71. The Balaban J connectivity index is 2.55. The fraction of sp³-hybridized carbons (Fsp3) is 0.364. The third-order valence-electron chi connectivity index (χ3n) is 2.70.